The van der Waals surface area contributed by atoms with Crippen molar-refractivity contribution >= 4 is 0 Å². The molecule has 1 aromatic rings. The molecule has 5 N–H and O–H groups in total. The molecule has 15 heavy (non-hydrogen) atoms. The maximum Gasteiger partial charge on any atom is 0.121 e. The average Bonchev–Trinajstić information content (AvgIpc) is 2.21. The van der Waals surface area contributed by atoms with Crippen LogP contribution in [-0.2, 0) is 0 Å². The largest absolute Gasteiger partial charge is 0.507 e. The van der Waals surface area contributed by atoms with Crippen molar-refractivity contribution in [3.63, 3.8) is 0 Å². The van der Waals surface area contributed by atoms with Gasteiger partial charge in [-0.15, -0.1) is 0 Å². The number of hydrogen-bond donors (Lipinski definition) is 3. The van der Waals surface area contributed by atoms with Gasteiger partial charge in [-0.2, -0.15) is 0 Å². The molecule has 0 aliphatic rings. The molecule has 3 heteroatoms. The predicted molar refractivity (Wildman–Crippen MR) is 62.8 cm³/mol. The minimum atomic E-state index is 0.0200. The van der Waals surface area contributed by atoms with Crippen LogP contribution in [0.25, 0.3) is 0 Å². The van der Waals surface area contributed by atoms with Crippen molar-refractivity contribution in [1.29, 1.82) is 0 Å². The van der Waals surface area contributed by atoms with Gasteiger partial charge in [0.1, 0.15) is 5.75 Å². The highest BCUT2D eigenvalue weighted by Gasteiger charge is 2.09. The number of aryl methyl sites for hydroxylation is 2. The van der Waals surface area contributed by atoms with Gasteiger partial charge >= 0.3 is 0 Å². The number of nitrogens with two attached hydrogens (primary N) is 2. The topological polar surface area (TPSA) is 72.3 Å². The summed E-state index contributed by atoms with van der Waals surface area (Å²) in [5.74, 6) is 0.366. The second-order valence-corrected chi connectivity index (χ2v) is 4.04. The van der Waals surface area contributed by atoms with Gasteiger partial charge in [0.05, 0.1) is 0 Å². The van der Waals surface area contributed by atoms with Gasteiger partial charge in [0.2, 0.25) is 0 Å². The van der Waals surface area contributed by atoms with Crippen LogP contribution in [0.4, 0.5) is 0 Å². The molecule has 84 valence electrons. The van der Waals surface area contributed by atoms with Crippen LogP contribution in [0.3, 0.4) is 0 Å². The fourth-order valence-corrected chi connectivity index (χ4v) is 1.71. The first kappa shape index (κ1) is 12.0. The van der Waals surface area contributed by atoms with Gasteiger partial charge in [-0.3, -0.25) is 0 Å². The molecule has 0 saturated carbocycles. The number of benzene rings is 1. The molecule has 0 aliphatic heterocycles. The summed E-state index contributed by atoms with van der Waals surface area (Å²) >= 11 is 0. The fourth-order valence-electron chi connectivity index (χ4n) is 1.71. The van der Waals surface area contributed by atoms with Crippen LogP contribution in [0.5, 0.6) is 5.75 Å². The van der Waals surface area contributed by atoms with Gasteiger partial charge in [-0.25, -0.2) is 0 Å². The van der Waals surface area contributed by atoms with Crippen LogP contribution in [0.15, 0.2) is 12.1 Å². The van der Waals surface area contributed by atoms with E-state index in [9.17, 15) is 5.11 Å². The summed E-state index contributed by atoms with van der Waals surface area (Å²) in [6.45, 7) is 4.45. The van der Waals surface area contributed by atoms with E-state index in [0.717, 1.165) is 29.5 Å². The number of phenolic OH excluding ortho intramolecular Hbond substituents is 1. The number of phenols is 1. The zero-order chi connectivity index (χ0) is 11.4. The van der Waals surface area contributed by atoms with Crippen LogP contribution in [0.2, 0.25) is 0 Å². The van der Waals surface area contributed by atoms with Crippen molar-refractivity contribution in [3.8, 4) is 5.75 Å². The van der Waals surface area contributed by atoms with Crippen molar-refractivity contribution in [2.75, 3.05) is 6.54 Å². The summed E-state index contributed by atoms with van der Waals surface area (Å²) in [7, 11) is 0. The summed E-state index contributed by atoms with van der Waals surface area (Å²) in [5.41, 5.74) is 14.3. The van der Waals surface area contributed by atoms with Crippen molar-refractivity contribution in [3.05, 3.63) is 28.8 Å². The molecule has 0 spiro atoms. The zero-order valence-electron chi connectivity index (χ0n) is 9.46. The number of aromatic hydroxyl groups is 1. The maximum atomic E-state index is 9.63. The molecular weight excluding hydrogens is 188 g/mol. The summed E-state index contributed by atoms with van der Waals surface area (Å²) < 4.78 is 0. The van der Waals surface area contributed by atoms with Crippen molar-refractivity contribution in [2.45, 2.75) is 32.7 Å². The lowest BCUT2D eigenvalue weighted by Gasteiger charge is -2.14. The lowest BCUT2D eigenvalue weighted by molar-refractivity contribution is 0.466. The molecule has 0 aliphatic carbocycles. The van der Waals surface area contributed by atoms with E-state index < -0.39 is 0 Å². The van der Waals surface area contributed by atoms with E-state index in [1.54, 1.807) is 0 Å². The SMILES string of the molecule is Cc1cc([C@H](N)CCCN)cc(C)c1O. The first-order chi connectivity index (χ1) is 7.06. The predicted octanol–water partition coefficient (Wildman–Crippen LogP) is 1.75. The number of hydrogen-bond acceptors (Lipinski definition) is 3. The van der Waals surface area contributed by atoms with Gasteiger partial charge in [0.25, 0.3) is 0 Å². The zero-order valence-corrected chi connectivity index (χ0v) is 9.46. The molecule has 0 radical (unpaired) electrons. The van der Waals surface area contributed by atoms with Gasteiger partial charge in [0, 0.05) is 6.04 Å². The smallest absolute Gasteiger partial charge is 0.121 e. The van der Waals surface area contributed by atoms with E-state index in [2.05, 4.69) is 0 Å². The van der Waals surface area contributed by atoms with Crippen LogP contribution in [0.1, 0.15) is 35.6 Å². The van der Waals surface area contributed by atoms with E-state index in [1.165, 1.54) is 0 Å². The third-order valence-corrected chi connectivity index (χ3v) is 2.66. The Hall–Kier alpha value is -1.06. The second kappa shape index (κ2) is 5.14. The monoisotopic (exact) mass is 208 g/mol. The van der Waals surface area contributed by atoms with E-state index in [-0.39, 0.29) is 6.04 Å². The molecule has 0 heterocycles. The molecule has 0 amide bonds. The first-order valence-corrected chi connectivity index (χ1v) is 5.32. The minimum absolute atomic E-state index is 0.0200. The molecule has 0 saturated heterocycles. The Bertz CT molecular complexity index is 313. The highest BCUT2D eigenvalue weighted by molar-refractivity contribution is 5.43. The molecule has 1 aromatic carbocycles. The van der Waals surface area contributed by atoms with Crippen LogP contribution in [-0.4, -0.2) is 11.7 Å². The second-order valence-electron chi connectivity index (χ2n) is 4.04. The third-order valence-electron chi connectivity index (χ3n) is 2.66. The Morgan fingerprint density at radius 2 is 1.80 bits per heavy atom. The first-order valence-electron chi connectivity index (χ1n) is 5.32. The Labute approximate surface area is 91.1 Å². The summed E-state index contributed by atoms with van der Waals surface area (Å²) in [6.07, 6.45) is 1.82. The Morgan fingerprint density at radius 1 is 1.27 bits per heavy atom. The number of rotatable bonds is 4. The van der Waals surface area contributed by atoms with Crippen molar-refractivity contribution in [1.82, 2.24) is 0 Å². The van der Waals surface area contributed by atoms with Crippen molar-refractivity contribution in [2.24, 2.45) is 11.5 Å². The standard InChI is InChI=1S/C12H20N2O/c1-8-6-10(7-9(2)12(8)15)11(14)4-3-5-13/h6-7,11,15H,3-5,13-14H2,1-2H3/t11-/m1/s1. The minimum Gasteiger partial charge on any atom is -0.507 e. The van der Waals surface area contributed by atoms with Gasteiger partial charge in [0.15, 0.2) is 0 Å². The van der Waals surface area contributed by atoms with Gasteiger partial charge in [-0.05, 0) is 49.9 Å². The van der Waals surface area contributed by atoms with Gasteiger partial charge in [-0.1, -0.05) is 12.1 Å². The fraction of sp³-hybridized carbons (Fsp3) is 0.500. The molecule has 1 atom stereocenters. The molecular formula is C12H20N2O. The summed E-state index contributed by atoms with van der Waals surface area (Å²) in [6, 6.07) is 3.92. The quantitative estimate of drug-likeness (QED) is 0.705. The lowest BCUT2D eigenvalue weighted by atomic mass is 9.98. The highest BCUT2D eigenvalue weighted by Crippen LogP contribution is 2.26. The van der Waals surface area contributed by atoms with E-state index >= 15 is 0 Å². The molecule has 0 fully saturated rings. The molecule has 3 nitrogen and oxygen atoms in total. The van der Waals surface area contributed by atoms with Gasteiger partial charge < -0.3 is 16.6 Å². The maximum absolute atomic E-state index is 9.63. The Morgan fingerprint density at radius 3 is 2.27 bits per heavy atom. The van der Waals surface area contributed by atoms with Crippen LogP contribution >= 0.6 is 0 Å². The molecule has 0 unspecified atom stereocenters. The van der Waals surface area contributed by atoms with E-state index in [0.29, 0.717) is 12.3 Å². The van der Waals surface area contributed by atoms with E-state index in [4.69, 9.17) is 11.5 Å². The third kappa shape index (κ3) is 2.94. The molecule has 1 rings (SSSR count). The molecule has 0 bridgehead atoms. The van der Waals surface area contributed by atoms with Crippen molar-refractivity contribution < 1.29 is 5.11 Å². The highest BCUT2D eigenvalue weighted by atomic mass is 16.3. The van der Waals surface area contributed by atoms with Crippen LogP contribution < -0.4 is 11.5 Å². The lowest BCUT2D eigenvalue weighted by Crippen LogP contribution is -2.12. The van der Waals surface area contributed by atoms with E-state index in [1.807, 2.05) is 26.0 Å². The summed E-state index contributed by atoms with van der Waals surface area (Å²) in [5, 5.41) is 9.63. The summed E-state index contributed by atoms with van der Waals surface area (Å²) in [4.78, 5) is 0. The Kier molecular flexibility index (Phi) is 4.12. The molecule has 0 aromatic heterocycles. The normalized spacial score (nSPS) is 12.8. The van der Waals surface area contributed by atoms with Crippen LogP contribution in [0, 0.1) is 13.8 Å². The average molecular weight is 208 g/mol. The Balaban J connectivity index is 2.86.